The van der Waals surface area contributed by atoms with E-state index in [0.717, 1.165) is 0 Å². The van der Waals surface area contributed by atoms with Crippen LogP contribution >= 0.6 is 0 Å². The minimum atomic E-state index is -3.15. The smallest absolute Gasteiger partial charge is 0.245 e. The molecule has 0 saturated carbocycles. The van der Waals surface area contributed by atoms with Crippen LogP contribution < -0.4 is 5.43 Å². The predicted molar refractivity (Wildman–Crippen MR) is 102 cm³/mol. The summed E-state index contributed by atoms with van der Waals surface area (Å²) < 4.78 is 30.7. The van der Waals surface area contributed by atoms with E-state index in [-0.39, 0.29) is 35.9 Å². The quantitative estimate of drug-likeness (QED) is 0.637. The molecule has 0 bridgehead atoms. The lowest BCUT2D eigenvalue weighted by Crippen LogP contribution is -2.42. The number of para-hydroxylation sites is 1. The third kappa shape index (κ3) is 3.70. The Morgan fingerprint density at radius 1 is 1.25 bits per heavy atom. The predicted octanol–water partition coefficient (Wildman–Crippen LogP) is 1.21. The number of furan rings is 1. The van der Waals surface area contributed by atoms with Gasteiger partial charge in [-0.3, -0.25) is 14.3 Å². The maximum atomic E-state index is 13.1. The Bertz CT molecular complexity index is 1170. The Balaban J connectivity index is 1.64. The maximum Gasteiger partial charge on any atom is 0.245 e. The Labute approximate surface area is 161 Å². The van der Waals surface area contributed by atoms with Gasteiger partial charge in [-0.15, -0.1) is 0 Å². The van der Waals surface area contributed by atoms with Gasteiger partial charge in [0.25, 0.3) is 0 Å². The van der Waals surface area contributed by atoms with Gasteiger partial charge in [0.2, 0.25) is 11.3 Å². The fraction of sp³-hybridized carbons (Fsp3) is 0.316. The van der Waals surface area contributed by atoms with Crippen LogP contribution in [0.1, 0.15) is 12.2 Å². The van der Waals surface area contributed by atoms with Crippen LogP contribution in [0.25, 0.3) is 10.9 Å². The summed E-state index contributed by atoms with van der Waals surface area (Å²) in [5.74, 6) is 0.312. The number of benzene rings is 1. The number of carbonyl (C=O) groups excluding carboxylic acids is 1. The molecular weight excluding hydrogens is 382 g/mol. The van der Waals surface area contributed by atoms with E-state index in [1.165, 1.54) is 22.0 Å². The molecule has 9 heteroatoms. The standard InChI is InChI=1S/C19H19N3O5S/c23-18-10-20-22(17-6-2-1-5-16(17)18)12-19(24)21(11-15-4-3-8-27-15)14-7-9-28(25,26)13-14/h1-6,8,10,14H,7,9,11-13H2/t14-/m1/s1. The van der Waals surface area contributed by atoms with Crippen LogP contribution in [0, 0.1) is 0 Å². The first kappa shape index (κ1) is 18.4. The second kappa shape index (κ2) is 7.23. The van der Waals surface area contributed by atoms with E-state index < -0.39 is 15.9 Å². The molecule has 1 atom stereocenters. The number of rotatable bonds is 5. The van der Waals surface area contributed by atoms with Crippen LogP contribution in [0.5, 0.6) is 0 Å². The lowest BCUT2D eigenvalue weighted by molar-refractivity contribution is -0.134. The molecule has 146 valence electrons. The summed E-state index contributed by atoms with van der Waals surface area (Å²) in [6.07, 6.45) is 3.10. The molecule has 3 heterocycles. The van der Waals surface area contributed by atoms with Gasteiger partial charge in [-0.25, -0.2) is 8.42 Å². The van der Waals surface area contributed by atoms with Gasteiger partial charge in [0.1, 0.15) is 12.3 Å². The largest absolute Gasteiger partial charge is 0.467 e. The number of nitrogens with zero attached hydrogens (tertiary/aromatic N) is 3. The van der Waals surface area contributed by atoms with Crippen molar-refractivity contribution in [3.8, 4) is 0 Å². The van der Waals surface area contributed by atoms with Crippen LogP contribution in [-0.4, -0.2) is 46.6 Å². The van der Waals surface area contributed by atoms with Crippen molar-refractivity contribution < 1.29 is 17.6 Å². The van der Waals surface area contributed by atoms with Crippen LogP contribution in [-0.2, 0) is 27.7 Å². The highest BCUT2D eigenvalue weighted by Crippen LogP contribution is 2.21. The molecule has 0 aliphatic carbocycles. The number of fused-ring (bicyclic) bond motifs is 1. The molecule has 1 aromatic carbocycles. The molecule has 2 aromatic heterocycles. The van der Waals surface area contributed by atoms with Crippen molar-refractivity contribution in [2.45, 2.75) is 25.6 Å². The van der Waals surface area contributed by atoms with Crippen molar-refractivity contribution in [3.63, 3.8) is 0 Å². The first-order chi connectivity index (χ1) is 13.4. The zero-order valence-corrected chi connectivity index (χ0v) is 15.8. The third-order valence-electron chi connectivity index (χ3n) is 4.92. The molecule has 0 spiro atoms. The number of hydrogen-bond donors (Lipinski definition) is 0. The topological polar surface area (TPSA) is 102 Å². The van der Waals surface area contributed by atoms with E-state index in [1.807, 2.05) is 0 Å². The summed E-state index contributed by atoms with van der Waals surface area (Å²) in [4.78, 5) is 26.6. The zero-order chi connectivity index (χ0) is 19.7. The maximum absolute atomic E-state index is 13.1. The molecule has 4 rings (SSSR count). The van der Waals surface area contributed by atoms with Gasteiger partial charge in [0.05, 0.1) is 36.0 Å². The van der Waals surface area contributed by atoms with Gasteiger partial charge in [-0.2, -0.15) is 5.10 Å². The van der Waals surface area contributed by atoms with E-state index in [9.17, 15) is 18.0 Å². The molecule has 1 aliphatic rings. The zero-order valence-electron chi connectivity index (χ0n) is 15.0. The molecule has 1 amide bonds. The van der Waals surface area contributed by atoms with Crippen molar-refractivity contribution in [3.05, 3.63) is 64.8 Å². The molecule has 0 unspecified atom stereocenters. The molecule has 3 aromatic rings. The Hall–Kier alpha value is -2.94. The van der Waals surface area contributed by atoms with Crippen molar-refractivity contribution in [2.75, 3.05) is 11.5 Å². The molecule has 1 fully saturated rings. The molecule has 1 saturated heterocycles. The van der Waals surface area contributed by atoms with Crippen molar-refractivity contribution >= 4 is 26.6 Å². The van der Waals surface area contributed by atoms with Gasteiger partial charge in [0.15, 0.2) is 9.84 Å². The van der Waals surface area contributed by atoms with E-state index in [2.05, 4.69) is 5.10 Å². The van der Waals surface area contributed by atoms with Gasteiger partial charge < -0.3 is 9.32 Å². The number of aromatic nitrogens is 2. The van der Waals surface area contributed by atoms with E-state index in [0.29, 0.717) is 23.1 Å². The minimum absolute atomic E-state index is 0.0577. The Morgan fingerprint density at radius 3 is 2.79 bits per heavy atom. The number of amides is 1. The first-order valence-electron chi connectivity index (χ1n) is 8.90. The van der Waals surface area contributed by atoms with Crippen LogP contribution in [0.2, 0.25) is 0 Å². The molecule has 28 heavy (non-hydrogen) atoms. The summed E-state index contributed by atoms with van der Waals surface area (Å²) in [5.41, 5.74) is 0.342. The second-order valence-electron chi connectivity index (χ2n) is 6.84. The van der Waals surface area contributed by atoms with E-state index in [4.69, 9.17) is 4.42 Å². The minimum Gasteiger partial charge on any atom is -0.467 e. The molecule has 0 N–H and O–H groups in total. The van der Waals surface area contributed by atoms with Crippen LogP contribution in [0.3, 0.4) is 0 Å². The van der Waals surface area contributed by atoms with Gasteiger partial charge in [-0.05, 0) is 30.7 Å². The number of sulfone groups is 1. The van der Waals surface area contributed by atoms with Gasteiger partial charge in [-0.1, -0.05) is 12.1 Å². The molecule has 0 radical (unpaired) electrons. The number of hydrogen-bond acceptors (Lipinski definition) is 6. The Kier molecular flexibility index (Phi) is 4.76. The molecular formula is C19H19N3O5S. The monoisotopic (exact) mass is 401 g/mol. The number of carbonyl (C=O) groups is 1. The average molecular weight is 401 g/mol. The summed E-state index contributed by atoms with van der Waals surface area (Å²) in [5, 5.41) is 4.57. The fourth-order valence-corrected chi connectivity index (χ4v) is 5.25. The first-order valence-corrected chi connectivity index (χ1v) is 10.7. The van der Waals surface area contributed by atoms with E-state index in [1.54, 1.807) is 36.4 Å². The van der Waals surface area contributed by atoms with Crippen LogP contribution in [0.4, 0.5) is 0 Å². The molecule has 1 aliphatic heterocycles. The summed E-state index contributed by atoms with van der Waals surface area (Å²) in [6.45, 7) is 0.0855. The van der Waals surface area contributed by atoms with Crippen molar-refractivity contribution in [1.82, 2.24) is 14.7 Å². The summed E-state index contributed by atoms with van der Waals surface area (Å²) in [7, 11) is -3.15. The van der Waals surface area contributed by atoms with Gasteiger partial charge >= 0.3 is 0 Å². The fourth-order valence-electron chi connectivity index (χ4n) is 3.52. The van der Waals surface area contributed by atoms with E-state index >= 15 is 0 Å². The average Bonchev–Trinajstić information content (AvgIpc) is 3.31. The highest BCUT2D eigenvalue weighted by Gasteiger charge is 2.35. The highest BCUT2D eigenvalue weighted by molar-refractivity contribution is 7.91. The second-order valence-corrected chi connectivity index (χ2v) is 9.07. The SMILES string of the molecule is O=C(Cn1ncc(=O)c2ccccc21)N(Cc1ccco1)[C@@H]1CCS(=O)(=O)C1. The van der Waals surface area contributed by atoms with Crippen LogP contribution in [0.15, 0.2) is 58.1 Å². The lowest BCUT2D eigenvalue weighted by Gasteiger charge is -2.28. The summed E-state index contributed by atoms with van der Waals surface area (Å²) >= 11 is 0. The molecule has 8 nitrogen and oxygen atoms in total. The third-order valence-corrected chi connectivity index (χ3v) is 6.67. The highest BCUT2D eigenvalue weighted by atomic mass is 32.2. The summed E-state index contributed by atoms with van der Waals surface area (Å²) in [6, 6.07) is 10.0. The van der Waals surface area contributed by atoms with Crippen molar-refractivity contribution in [1.29, 1.82) is 0 Å². The lowest BCUT2D eigenvalue weighted by atomic mass is 10.2. The Morgan fingerprint density at radius 2 is 2.07 bits per heavy atom. The van der Waals surface area contributed by atoms with Crippen molar-refractivity contribution in [2.24, 2.45) is 0 Å². The van der Waals surface area contributed by atoms with Gasteiger partial charge in [0, 0.05) is 11.4 Å². The normalized spacial score (nSPS) is 18.4.